The number of ketones is 1. The number of hydrogen-bond acceptors (Lipinski definition) is 1. The quantitative estimate of drug-likeness (QED) is 0.574. The molecular weight excluding hydrogens is 172 g/mol. The van der Waals surface area contributed by atoms with Gasteiger partial charge in [0.15, 0.2) is 5.78 Å². The van der Waals surface area contributed by atoms with Crippen LogP contribution >= 0.6 is 0 Å². The largest absolute Gasteiger partial charge is 0.294 e. The molecule has 0 aromatic heterocycles. The molecule has 4 rings (SSSR count). The SMILES string of the molecule is O=C1C(C2CC2)=CC2C1[C@H]1C=C[C@@H]2C1. The minimum Gasteiger partial charge on any atom is -0.294 e. The van der Waals surface area contributed by atoms with Gasteiger partial charge in [0.2, 0.25) is 0 Å². The summed E-state index contributed by atoms with van der Waals surface area (Å²) in [5.41, 5.74) is 1.21. The summed E-state index contributed by atoms with van der Waals surface area (Å²) in [6.07, 6.45) is 10.7. The fourth-order valence-corrected chi connectivity index (χ4v) is 3.67. The van der Waals surface area contributed by atoms with E-state index >= 15 is 0 Å². The minimum absolute atomic E-state index is 0.362. The molecule has 0 aromatic carbocycles. The van der Waals surface area contributed by atoms with E-state index in [-0.39, 0.29) is 0 Å². The molecule has 0 heterocycles. The molecule has 1 heteroatoms. The molecular formula is C13H14O. The topological polar surface area (TPSA) is 17.1 Å². The molecule has 0 amide bonds. The number of hydrogen-bond donors (Lipinski definition) is 0. The van der Waals surface area contributed by atoms with E-state index in [4.69, 9.17) is 0 Å². The van der Waals surface area contributed by atoms with Gasteiger partial charge in [0, 0.05) is 5.92 Å². The van der Waals surface area contributed by atoms with Gasteiger partial charge in [-0.15, -0.1) is 0 Å². The van der Waals surface area contributed by atoms with Gasteiger partial charge in [-0.1, -0.05) is 18.2 Å². The molecule has 4 aliphatic carbocycles. The first-order valence-corrected chi connectivity index (χ1v) is 5.79. The van der Waals surface area contributed by atoms with Crippen molar-refractivity contribution in [2.45, 2.75) is 19.3 Å². The minimum atomic E-state index is 0.362. The molecule has 0 radical (unpaired) electrons. The van der Waals surface area contributed by atoms with Gasteiger partial charge in [-0.05, 0) is 48.5 Å². The zero-order valence-corrected chi connectivity index (χ0v) is 8.15. The number of carbonyl (C=O) groups is 1. The van der Waals surface area contributed by atoms with Crippen molar-refractivity contribution >= 4 is 5.78 Å². The summed E-state index contributed by atoms with van der Waals surface area (Å²) in [6, 6.07) is 0. The summed E-state index contributed by atoms with van der Waals surface area (Å²) in [7, 11) is 0. The van der Waals surface area contributed by atoms with Gasteiger partial charge >= 0.3 is 0 Å². The maximum atomic E-state index is 12.2. The maximum Gasteiger partial charge on any atom is 0.163 e. The second-order valence-electron chi connectivity index (χ2n) is 5.31. The number of carbonyl (C=O) groups excluding carboxylic acids is 1. The third-order valence-electron chi connectivity index (χ3n) is 4.50. The van der Waals surface area contributed by atoms with Gasteiger partial charge in [0.25, 0.3) is 0 Å². The Hall–Kier alpha value is -0.850. The second kappa shape index (κ2) is 2.21. The highest BCUT2D eigenvalue weighted by Gasteiger charge is 2.52. The normalized spacial score (nSPS) is 48.6. The lowest BCUT2D eigenvalue weighted by atomic mass is 9.85. The Labute approximate surface area is 83.9 Å². The van der Waals surface area contributed by atoms with Gasteiger partial charge in [0.05, 0.1) is 0 Å². The van der Waals surface area contributed by atoms with E-state index in [1.165, 1.54) is 24.8 Å². The van der Waals surface area contributed by atoms with E-state index < -0.39 is 0 Å². The molecule has 4 atom stereocenters. The van der Waals surface area contributed by atoms with Crippen molar-refractivity contribution in [1.82, 2.24) is 0 Å². The van der Waals surface area contributed by atoms with Crippen LogP contribution in [-0.2, 0) is 4.79 Å². The van der Waals surface area contributed by atoms with Crippen molar-refractivity contribution in [2.75, 3.05) is 0 Å². The maximum absolute atomic E-state index is 12.2. The lowest BCUT2D eigenvalue weighted by Crippen LogP contribution is -2.21. The Bertz CT molecular complexity index is 373. The summed E-state index contributed by atoms with van der Waals surface area (Å²) >= 11 is 0. The number of fused-ring (bicyclic) bond motifs is 5. The second-order valence-corrected chi connectivity index (χ2v) is 5.31. The van der Waals surface area contributed by atoms with Crippen LogP contribution in [0, 0.1) is 29.6 Å². The van der Waals surface area contributed by atoms with Crippen LogP contribution in [-0.4, -0.2) is 5.78 Å². The summed E-state index contributed by atoms with van der Waals surface area (Å²) in [5.74, 6) is 3.41. The van der Waals surface area contributed by atoms with Crippen molar-refractivity contribution in [2.24, 2.45) is 29.6 Å². The molecule has 1 nitrogen and oxygen atoms in total. The molecule has 2 bridgehead atoms. The zero-order chi connectivity index (χ0) is 9.28. The lowest BCUT2D eigenvalue weighted by Gasteiger charge is -2.17. The first-order valence-electron chi connectivity index (χ1n) is 5.79. The van der Waals surface area contributed by atoms with Crippen LogP contribution in [0.25, 0.3) is 0 Å². The van der Waals surface area contributed by atoms with Crippen molar-refractivity contribution in [1.29, 1.82) is 0 Å². The van der Waals surface area contributed by atoms with Crippen LogP contribution in [0.15, 0.2) is 23.8 Å². The third-order valence-corrected chi connectivity index (χ3v) is 4.50. The summed E-state index contributed by atoms with van der Waals surface area (Å²) < 4.78 is 0. The van der Waals surface area contributed by atoms with Crippen molar-refractivity contribution in [3.63, 3.8) is 0 Å². The van der Waals surface area contributed by atoms with E-state index in [9.17, 15) is 4.79 Å². The lowest BCUT2D eigenvalue weighted by molar-refractivity contribution is -0.119. The van der Waals surface area contributed by atoms with E-state index in [0.717, 1.165) is 0 Å². The van der Waals surface area contributed by atoms with E-state index in [2.05, 4.69) is 18.2 Å². The van der Waals surface area contributed by atoms with Crippen LogP contribution < -0.4 is 0 Å². The van der Waals surface area contributed by atoms with Crippen LogP contribution in [0.4, 0.5) is 0 Å². The predicted octanol–water partition coefficient (Wildman–Crippen LogP) is 2.34. The molecule has 4 aliphatic rings. The monoisotopic (exact) mass is 186 g/mol. The van der Waals surface area contributed by atoms with E-state index in [1.807, 2.05) is 0 Å². The van der Waals surface area contributed by atoms with E-state index in [1.54, 1.807) is 0 Å². The first kappa shape index (κ1) is 7.44. The van der Waals surface area contributed by atoms with Gasteiger partial charge in [0.1, 0.15) is 0 Å². The Morgan fingerprint density at radius 2 is 1.93 bits per heavy atom. The fraction of sp³-hybridized carbons (Fsp3) is 0.615. The summed E-state index contributed by atoms with van der Waals surface area (Å²) in [6.45, 7) is 0. The first-order chi connectivity index (χ1) is 6.84. The average Bonchev–Trinajstić information content (AvgIpc) is 2.70. The van der Waals surface area contributed by atoms with Crippen LogP contribution in [0.3, 0.4) is 0 Å². The highest BCUT2D eigenvalue weighted by atomic mass is 16.1. The summed E-state index contributed by atoms with van der Waals surface area (Å²) in [4.78, 5) is 12.2. The van der Waals surface area contributed by atoms with Gasteiger partial charge in [-0.25, -0.2) is 0 Å². The molecule has 72 valence electrons. The molecule has 14 heavy (non-hydrogen) atoms. The molecule has 0 spiro atoms. The predicted molar refractivity (Wildman–Crippen MR) is 53.5 cm³/mol. The van der Waals surface area contributed by atoms with Crippen LogP contribution in [0.5, 0.6) is 0 Å². The fourth-order valence-electron chi connectivity index (χ4n) is 3.67. The van der Waals surface area contributed by atoms with Gasteiger partial charge < -0.3 is 0 Å². The van der Waals surface area contributed by atoms with Crippen molar-refractivity contribution < 1.29 is 4.79 Å². The Balaban J connectivity index is 1.76. The molecule has 0 aromatic rings. The number of Topliss-reactive ketones (excluding diaryl/α,β-unsaturated/α-hetero) is 1. The molecule has 2 fully saturated rings. The Morgan fingerprint density at radius 1 is 1.14 bits per heavy atom. The van der Waals surface area contributed by atoms with E-state index in [0.29, 0.717) is 35.4 Å². The molecule has 0 aliphatic heterocycles. The van der Waals surface area contributed by atoms with Crippen LogP contribution in [0.2, 0.25) is 0 Å². The molecule has 2 unspecified atom stereocenters. The highest BCUT2D eigenvalue weighted by molar-refractivity contribution is 6.01. The molecule has 2 saturated carbocycles. The van der Waals surface area contributed by atoms with Gasteiger partial charge in [-0.2, -0.15) is 0 Å². The highest BCUT2D eigenvalue weighted by Crippen LogP contribution is 2.55. The molecule has 0 saturated heterocycles. The zero-order valence-electron chi connectivity index (χ0n) is 8.15. The Kier molecular flexibility index (Phi) is 1.17. The van der Waals surface area contributed by atoms with Gasteiger partial charge in [-0.3, -0.25) is 4.79 Å². The smallest absolute Gasteiger partial charge is 0.163 e. The molecule has 0 N–H and O–H groups in total. The standard InChI is InChI=1S/C13H14O/c14-13-11(7-1-2-7)6-10-8-3-4-9(5-8)12(10)13/h3-4,6-10,12H,1-2,5H2/t8-,9+,10?,12?/m1/s1. The average molecular weight is 186 g/mol. The Morgan fingerprint density at radius 3 is 2.64 bits per heavy atom. The number of rotatable bonds is 1. The van der Waals surface area contributed by atoms with Crippen molar-refractivity contribution in [3.05, 3.63) is 23.8 Å². The number of allylic oxidation sites excluding steroid dienone is 4. The third kappa shape index (κ3) is 0.749. The summed E-state index contributed by atoms with van der Waals surface area (Å²) in [5, 5.41) is 0. The van der Waals surface area contributed by atoms with Crippen molar-refractivity contribution in [3.8, 4) is 0 Å². The van der Waals surface area contributed by atoms with Crippen LogP contribution in [0.1, 0.15) is 19.3 Å².